The molecule has 0 bridgehead atoms. The van der Waals surface area contributed by atoms with Gasteiger partial charge in [-0.2, -0.15) is 13.2 Å². The van der Waals surface area contributed by atoms with Gasteiger partial charge < -0.3 is 5.32 Å². The fourth-order valence-corrected chi connectivity index (χ4v) is 1.36. The molecular weight excluding hydrogens is 331 g/mol. The summed E-state index contributed by atoms with van der Waals surface area (Å²) in [4.78, 5) is 15.0. The number of nitrogens with one attached hydrogen (secondary N) is 1. The molecule has 0 aliphatic heterocycles. The van der Waals surface area contributed by atoms with Gasteiger partial charge in [0, 0.05) is 5.70 Å². The Kier molecular flexibility index (Phi) is 8.59. The van der Waals surface area contributed by atoms with E-state index in [2.05, 4.69) is 16.9 Å². The van der Waals surface area contributed by atoms with Gasteiger partial charge >= 0.3 is 6.18 Å². The van der Waals surface area contributed by atoms with Gasteiger partial charge in [0.15, 0.2) is 5.71 Å². The summed E-state index contributed by atoms with van der Waals surface area (Å²) in [6, 6.07) is 0. The molecule has 0 aromatic rings. The van der Waals surface area contributed by atoms with Gasteiger partial charge in [0.05, 0.1) is 5.83 Å². The molecule has 0 aliphatic rings. The zero-order valence-corrected chi connectivity index (χ0v) is 13.3. The van der Waals surface area contributed by atoms with Gasteiger partial charge in [-0.05, 0) is 39.0 Å². The lowest BCUT2D eigenvalue weighted by Gasteiger charge is -2.10. The number of aliphatic imine (C=N–C) groups is 1. The quantitative estimate of drug-likeness (QED) is 0.417. The van der Waals surface area contributed by atoms with Gasteiger partial charge in [-0.25, -0.2) is 13.8 Å². The van der Waals surface area contributed by atoms with Crippen LogP contribution in [0.25, 0.3) is 0 Å². The first-order chi connectivity index (χ1) is 11.0. The molecule has 0 rings (SSSR count). The van der Waals surface area contributed by atoms with Crippen molar-refractivity contribution in [3.63, 3.8) is 0 Å². The summed E-state index contributed by atoms with van der Waals surface area (Å²) in [6.07, 6.45) is 0.744. The highest BCUT2D eigenvalue weighted by Gasteiger charge is 2.34. The third-order valence-corrected chi connectivity index (χ3v) is 2.36. The zero-order chi connectivity index (χ0) is 18.9. The molecule has 0 atom stereocenters. The van der Waals surface area contributed by atoms with Crippen molar-refractivity contribution in [1.82, 2.24) is 5.32 Å². The van der Waals surface area contributed by atoms with Crippen molar-refractivity contribution in [1.29, 1.82) is 0 Å². The lowest BCUT2D eigenvalue weighted by molar-refractivity contribution is -0.114. The average molecular weight is 348 g/mol. The van der Waals surface area contributed by atoms with E-state index in [9.17, 15) is 26.7 Å². The molecule has 0 spiro atoms. The number of rotatable bonds is 6. The molecule has 0 saturated carbocycles. The summed E-state index contributed by atoms with van der Waals surface area (Å²) in [5, 5.41) is 2.13. The topological polar surface area (TPSA) is 41.5 Å². The molecule has 24 heavy (non-hydrogen) atoms. The van der Waals surface area contributed by atoms with Crippen LogP contribution >= 0.6 is 0 Å². The van der Waals surface area contributed by atoms with Crippen LogP contribution in [0.4, 0.5) is 22.0 Å². The van der Waals surface area contributed by atoms with Crippen LogP contribution in [-0.2, 0) is 4.79 Å². The highest BCUT2D eigenvalue weighted by molar-refractivity contribution is 6.45. The van der Waals surface area contributed by atoms with Crippen LogP contribution < -0.4 is 5.32 Å². The molecule has 0 aromatic heterocycles. The summed E-state index contributed by atoms with van der Waals surface area (Å²) in [6.45, 7) is 6.61. The third-order valence-electron chi connectivity index (χ3n) is 2.36. The molecular formula is C16H17F5N2O. The fraction of sp³-hybridized carbons (Fsp3) is 0.250. The van der Waals surface area contributed by atoms with E-state index in [4.69, 9.17) is 0 Å². The van der Waals surface area contributed by atoms with Crippen LogP contribution in [0.3, 0.4) is 0 Å². The molecule has 0 aromatic carbocycles. The predicted molar refractivity (Wildman–Crippen MR) is 83.4 cm³/mol. The van der Waals surface area contributed by atoms with Crippen molar-refractivity contribution in [2.24, 2.45) is 4.99 Å². The Morgan fingerprint density at radius 1 is 1.17 bits per heavy atom. The second-order valence-electron chi connectivity index (χ2n) is 4.37. The van der Waals surface area contributed by atoms with Crippen molar-refractivity contribution in [3.8, 4) is 0 Å². The van der Waals surface area contributed by atoms with Crippen molar-refractivity contribution < 1.29 is 26.7 Å². The number of hydrogen-bond donors (Lipinski definition) is 1. The lowest BCUT2D eigenvalue weighted by Crippen LogP contribution is -2.31. The Morgan fingerprint density at radius 3 is 2.12 bits per heavy atom. The molecule has 0 aliphatic carbocycles. The van der Waals surface area contributed by atoms with Crippen LogP contribution in [0.2, 0.25) is 0 Å². The maximum atomic E-state index is 13.4. The normalized spacial score (nSPS) is 15.0. The average Bonchev–Trinajstić information content (AvgIpc) is 2.43. The molecule has 3 nitrogen and oxygen atoms in total. The van der Waals surface area contributed by atoms with Gasteiger partial charge in [0.2, 0.25) is 0 Å². The predicted octanol–water partition coefficient (Wildman–Crippen LogP) is 4.83. The van der Waals surface area contributed by atoms with Crippen molar-refractivity contribution in [3.05, 3.63) is 60.0 Å². The maximum absolute atomic E-state index is 13.4. The number of amides is 1. The molecule has 0 heterocycles. The first-order valence-corrected chi connectivity index (χ1v) is 6.68. The number of nitrogens with zero attached hydrogens (tertiary/aromatic N) is 1. The van der Waals surface area contributed by atoms with Gasteiger partial charge in [0.1, 0.15) is 11.5 Å². The van der Waals surface area contributed by atoms with Gasteiger partial charge in [-0.3, -0.25) is 4.79 Å². The Labute approximate surface area is 136 Å². The van der Waals surface area contributed by atoms with E-state index >= 15 is 0 Å². The summed E-state index contributed by atoms with van der Waals surface area (Å²) in [5.74, 6) is -3.25. The number of alkyl halides is 3. The highest BCUT2D eigenvalue weighted by Crippen LogP contribution is 2.27. The van der Waals surface area contributed by atoms with Crippen molar-refractivity contribution in [2.75, 3.05) is 0 Å². The van der Waals surface area contributed by atoms with Crippen LogP contribution in [0, 0.1) is 0 Å². The Bertz CT molecular complexity index is 633. The Hall–Kier alpha value is -2.51. The van der Waals surface area contributed by atoms with Crippen LogP contribution in [-0.4, -0.2) is 17.8 Å². The van der Waals surface area contributed by atoms with Crippen molar-refractivity contribution >= 4 is 11.6 Å². The summed E-state index contributed by atoms with van der Waals surface area (Å²) < 4.78 is 64.1. The fourth-order valence-electron chi connectivity index (χ4n) is 1.36. The van der Waals surface area contributed by atoms with E-state index in [1.807, 2.05) is 0 Å². The first-order valence-electron chi connectivity index (χ1n) is 6.68. The molecule has 0 unspecified atom stereocenters. The maximum Gasteiger partial charge on any atom is 0.433 e. The molecule has 132 valence electrons. The highest BCUT2D eigenvalue weighted by atomic mass is 19.4. The lowest BCUT2D eigenvalue weighted by atomic mass is 10.2. The molecule has 1 N–H and O–H groups in total. The molecule has 0 fully saturated rings. The minimum absolute atomic E-state index is 0.0301. The van der Waals surface area contributed by atoms with E-state index in [-0.39, 0.29) is 5.70 Å². The van der Waals surface area contributed by atoms with Crippen LogP contribution in [0.5, 0.6) is 0 Å². The summed E-state index contributed by atoms with van der Waals surface area (Å²) in [5.41, 5.74) is -2.54. The van der Waals surface area contributed by atoms with E-state index in [0.717, 1.165) is 26.0 Å². The van der Waals surface area contributed by atoms with E-state index in [0.29, 0.717) is 6.08 Å². The molecule has 8 heteroatoms. The number of carbonyl (C=O) groups is 1. The number of carbonyl (C=O) groups excluding carboxylic acids is 1. The van der Waals surface area contributed by atoms with Gasteiger partial charge in [-0.1, -0.05) is 18.7 Å². The summed E-state index contributed by atoms with van der Waals surface area (Å²) in [7, 11) is 0. The standard InChI is InChI=1S/C16H17F5N2O/c1-5-7-12(9-8-10(3)17)22-15(24)14(11(4)18)23-13(6-2)16(19,20)21/h5-9H,4H2,1-3H3,(H,22,24)/b7-5-,10-8+,12-9+,13-6-,23-14+. The first kappa shape index (κ1) is 21.5. The largest absolute Gasteiger partial charge is 0.433 e. The van der Waals surface area contributed by atoms with Crippen LogP contribution in [0.1, 0.15) is 20.8 Å². The van der Waals surface area contributed by atoms with E-state index in [1.54, 1.807) is 6.92 Å². The second-order valence-corrected chi connectivity index (χ2v) is 4.37. The molecule has 0 radical (unpaired) electrons. The van der Waals surface area contributed by atoms with Gasteiger partial charge in [0.25, 0.3) is 5.91 Å². The number of halogens is 5. The Balaban J connectivity index is 5.71. The minimum Gasteiger partial charge on any atom is -0.321 e. The SMILES string of the molecule is C=C(F)/C(=N\C(=C/C)C(F)(F)F)C(=O)NC(/C=C\C)=C/C=C(\C)F. The van der Waals surface area contributed by atoms with E-state index in [1.165, 1.54) is 12.2 Å². The summed E-state index contributed by atoms with van der Waals surface area (Å²) >= 11 is 0. The minimum atomic E-state index is -4.86. The zero-order valence-electron chi connectivity index (χ0n) is 13.3. The van der Waals surface area contributed by atoms with E-state index < -0.39 is 35.1 Å². The number of hydrogen-bond acceptors (Lipinski definition) is 2. The monoisotopic (exact) mass is 348 g/mol. The van der Waals surface area contributed by atoms with Crippen molar-refractivity contribution in [2.45, 2.75) is 26.9 Å². The molecule has 1 amide bonds. The van der Waals surface area contributed by atoms with Crippen LogP contribution in [0.15, 0.2) is 65.0 Å². The smallest absolute Gasteiger partial charge is 0.321 e. The molecule has 0 saturated heterocycles. The van der Waals surface area contributed by atoms with Gasteiger partial charge in [-0.15, -0.1) is 0 Å². The Morgan fingerprint density at radius 2 is 1.75 bits per heavy atom. The third kappa shape index (κ3) is 7.66. The number of allylic oxidation sites excluding steroid dienone is 7. The second kappa shape index (κ2) is 9.59.